The smallest absolute Gasteiger partial charge is 0.229 e. The first-order valence-corrected chi connectivity index (χ1v) is 10.0. The number of fused-ring (bicyclic) bond motifs is 1. The first kappa shape index (κ1) is 17.7. The molecule has 2 heterocycles. The Labute approximate surface area is 170 Å². The maximum absolute atomic E-state index is 13.1. The maximum atomic E-state index is 13.1. The summed E-state index contributed by atoms with van der Waals surface area (Å²) in [5.74, 6) is 1.13. The molecule has 144 valence electrons. The van der Waals surface area contributed by atoms with Gasteiger partial charge in [-0.3, -0.25) is 9.20 Å². The Bertz CT molecular complexity index is 1190. The van der Waals surface area contributed by atoms with Crippen LogP contribution in [0.5, 0.6) is 0 Å². The lowest BCUT2D eigenvalue weighted by atomic mass is 10.0. The molecule has 5 rings (SSSR count). The molecule has 2 aromatic heterocycles. The largest absolute Gasteiger partial charge is 0.310 e. The average molecular weight is 381 g/mol. The third-order valence-electron chi connectivity index (χ3n) is 5.62. The molecule has 0 bridgehead atoms. The Balaban J connectivity index is 1.50. The number of hydrogen-bond acceptors (Lipinski definition) is 2. The summed E-state index contributed by atoms with van der Waals surface area (Å²) in [7, 11) is 0. The molecule has 2 aromatic carbocycles. The van der Waals surface area contributed by atoms with Gasteiger partial charge in [-0.15, -0.1) is 0 Å². The van der Waals surface area contributed by atoms with Crippen molar-refractivity contribution < 1.29 is 4.79 Å². The minimum Gasteiger partial charge on any atom is -0.310 e. The second-order valence-corrected chi connectivity index (χ2v) is 7.96. The van der Waals surface area contributed by atoms with Crippen LogP contribution in [0.4, 0.5) is 5.82 Å². The molecule has 1 aliphatic rings. The van der Waals surface area contributed by atoms with Crippen LogP contribution in [-0.4, -0.2) is 15.3 Å². The van der Waals surface area contributed by atoms with E-state index >= 15 is 0 Å². The highest BCUT2D eigenvalue weighted by atomic mass is 16.2. The van der Waals surface area contributed by atoms with E-state index in [1.54, 1.807) is 0 Å². The minimum absolute atomic E-state index is 0.0127. The highest BCUT2D eigenvalue weighted by Gasteiger charge is 2.44. The summed E-state index contributed by atoms with van der Waals surface area (Å²) >= 11 is 0. The number of amides is 1. The van der Waals surface area contributed by atoms with E-state index in [0.29, 0.717) is 5.92 Å². The zero-order chi connectivity index (χ0) is 20.0. The van der Waals surface area contributed by atoms with Crippen molar-refractivity contribution in [2.24, 2.45) is 5.92 Å². The Morgan fingerprint density at radius 3 is 2.48 bits per heavy atom. The summed E-state index contributed by atoms with van der Waals surface area (Å²) in [5.41, 5.74) is 6.26. The lowest BCUT2D eigenvalue weighted by molar-refractivity contribution is -0.117. The summed E-state index contributed by atoms with van der Waals surface area (Å²) in [6, 6.07) is 22.6. The second kappa shape index (κ2) is 6.89. The number of imidazole rings is 1. The molecular formula is C25H23N3O. The van der Waals surface area contributed by atoms with Crippen LogP contribution in [0, 0.1) is 19.8 Å². The lowest BCUT2D eigenvalue weighted by Crippen LogP contribution is -2.16. The van der Waals surface area contributed by atoms with Crippen LogP contribution < -0.4 is 5.32 Å². The summed E-state index contributed by atoms with van der Waals surface area (Å²) in [6.07, 6.45) is 2.84. The van der Waals surface area contributed by atoms with Gasteiger partial charge >= 0.3 is 0 Å². The fraction of sp³-hybridized carbons (Fsp3) is 0.200. The topological polar surface area (TPSA) is 46.4 Å². The molecule has 4 nitrogen and oxygen atoms in total. The highest BCUT2D eigenvalue weighted by molar-refractivity contribution is 5.98. The zero-order valence-electron chi connectivity index (χ0n) is 16.6. The van der Waals surface area contributed by atoms with Gasteiger partial charge in [-0.2, -0.15) is 0 Å². The quantitative estimate of drug-likeness (QED) is 0.517. The number of aryl methyl sites for hydroxylation is 2. The number of anilines is 1. The number of benzene rings is 2. The predicted octanol–water partition coefficient (Wildman–Crippen LogP) is 5.36. The fourth-order valence-corrected chi connectivity index (χ4v) is 4.19. The van der Waals surface area contributed by atoms with Crippen LogP contribution in [0.25, 0.3) is 16.9 Å². The van der Waals surface area contributed by atoms with Crippen LogP contribution in [-0.2, 0) is 4.79 Å². The molecule has 4 aromatic rings. The number of carbonyl (C=O) groups excluding carboxylic acids is 1. The summed E-state index contributed by atoms with van der Waals surface area (Å²) in [5, 5.41) is 3.19. The average Bonchev–Trinajstić information content (AvgIpc) is 3.44. The van der Waals surface area contributed by atoms with Crippen molar-refractivity contribution in [3.63, 3.8) is 0 Å². The molecule has 0 radical (unpaired) electrons. The number of aromatic nitrogens is 2. The van der Waals surface area contributed by atoms with Crippen LogP contribution in [0.2, 0.25) is 0 Å². The van der Waals surface area contributed by atoms with E-state index in [-0.39, 0.29) is 11.8 Å². The molecule has 0 saturated heterocycles. The number of rotatable bonds is 4. The summed E-state index contributed by atoms with van der Waals surface area (Å²) < 4.78 is 1.96. The van der Waals surface area contributed by atoms with Crippen molar-refractivity contribution in [3.05, 3.63) is 89.6 Å². The number of carbonyl (C=O) groups is 1. The van der Waals surface area contributed by atoms with E-state index < -0.39 is 0 Å². The molecule has 0 spiro atoms. The van der Waals surface area contributed by atoms with Crippen molar-refractivity contribution >= 4 is 17.4 Å². The zero-order valence-corrected chi connectivity index (χ0v) is 16.6. The van der Waals surface area contributed by atoms with Gasteiger partial charge in [0.05, 0.1) is 0 Å². The van der Waals surface area contributed by atoms with Gasteiger partial charge in [0.25, 0.3) is 0 Å². The number of nitrogens with zero attached hydrogens (tertiary/aromatic N) is 2. The van der Waals surface area contributed by atoms with E-state index in [1.807, 2.05) is 47.0 Å². The number of hydrogen-bond donors (Lipinski definition) is 1. The van der Waals surface area contributed by atoms with Crippen molar-refractivity contribution in [2.45, 2.75) is 26.2 Å². The molecule has 1 unspecified atom stereocenters. The van der Waals surface area contributed by atoms with Gasteiger partial charge in [-0.05, 0) is 56.0 Å². The monoisotopic (exact) mass is 381 g/mol. The Kier molecular flexibility index (Phi) is 4.20. The molecule has 0 aliphatic heterocycles. The fourth-order valence-electron chi connectivity index (χ4n) is 4.19. The maximum Gasteiger partial charge on any atom is 0.229 e. The van der Waals surface area contributed by atoms with Crippen molar-refractivity contribution in [1.29, 1.82) is 0 Å². The standard InChI is InChI=1S/C25H23N3O/c1-16-12-17(2)14-19(13-16)23-24(28-11-7-6-10-22(28)26-23)27-25(29)21-15-20(21)18-8-4-3-5-9-18/h3-14,20-21H,15H2,1-2H3,(H,27,29)/t20-,21?/m0/s1. The Morgan fingerprint density at radius 2 is 1.72 bits per heavy atom. The van der Waals surface area contributed by atoms with E-state index in [9.17, 15) is 4.79 Å². The van der Waals surface area contributed by atoms with Gasteiger partial charge in [-0.25, -0.2) is 4.98 Å². The van der Waals surface area contributed by atoms with Crippen LogP contribution in [0.1, 0.15) is 29.0 Å². The predicted molar refractivity (Wildman–Crippen MR) is 116 cm³/mol. The third-order valence-corrected chi connectivity index (χ3v) is 5.62. The van der Waals surface area contributed by atoms with Gasteiger partial charge < -0.3 is 5.32 Å². The van der Waals surface area contributed by atoms with Crippen molar-refractivity contribution in [1.82, 2.24) is 9.38 Å². The summed E-state index contributed by atoms with van der Waals surface area (Å²) in [4.78, 5) is 17.9. The molecule has 1 amide bonds. The molecule has 1 N–H and O–H groups in total. The van der Waals surface area contributed by atoms with Gasteiger partial charge in [0.15, 0.2) is 0 Å². The molecule has 1 saturated carbocycles. The van der Waals surface area contributed by atoms with Crippen LogP contribution in [0.15, 0.2) is 72.9 Å². The van der Waals surface area contributed by atoms with Gasteiger partial charge in [0, 0.05) is 17.7 Å². The normalized spacial score (nSPS) is 18.0. The summed E-state index contributed by atoms with van der Waals surface area (Å²) in [6.45, 7) is 4.17. The molecule has 29 heavy (non-hydrogen) atoms. The second-order valence-electron chi connectivity index (χ2n) is 7.96. The van der Waals surface area contributed by atoms with Gasteiger partial charge in [0.1, 0.15) is 17.2 Å². The molecule has 2 atom stereocenters. The number of pyridine rings is 1. The molecular weight excluding hydrogens is 358 g/mol. The van der Waals surface area contributed by atoms with E-state index in [1.165, 1.54) is 16.7 Å². The van der Waals surface area contributed by atoms with E-state index in [2.05, 4.69) is 49.5 Å². The van der Waals surface area contributed by atoms with Gasteiger partial charge in [0.2, 0.25) is 5.91 Å². The lowest BCUT2D eigenvalue weighted by Gasteiger charge is -2.09. The first-order chi connectivity index (χ1) is 14.1. The molecule has 4 heteroatoms. The van der Waals surface area contributed by atoms with Crippen LogP contribution in [0.3, 0.4) is 0 Å². The van der Waals surface area contributed by atoms with Crippen molar-refractivity contribution in [2.75, 3.05) is 5.32 Å². The Morgan fingerprint density at radius 1 is 1.00 bits per heavy atom. The molecule has 1 aliphatic carbocycles. The van der Waals surface area contributed by atoms with Crippen molar-refractivity contribution in [3.8, 4) is 11.3 Å². The third kappa shape index (κ3) is 3.31. The van der Waals surface area contributed by atoms with E-state index in [0.717, 1.165) is 29.1 Å². The number of nitrogens with one attached hydrogen (secondary N) is 1. The highest BCUT2D eigenvalue weighted by Crippen LogP contribution is 2.48. The first-order valence-electron chi connectivity index (χ1n) is 10.0. The Hall–Kier alpha value is -3.40. The SMILES string of the molecule is Cc1cc(C)cc(-c2nc3ccccn3c2NC(=O)C2C[C@H]2c2ccccc2)c1. The van der Waals surface area contributed by atoms with Crippen LogP contribution >= 0.6 is 0 Å². The van der Waals surface area contributed by atoms with Gasteiger partial charge in [-0.1, -0.05) is 53.6 Å². The van der Waals surface area contributed by atoms with E-state index in [4.69, 9.17) is 4.98 Å². The molecule has 1 fully saturated rings. The minimum atomic E-state index is 0.0127.